The Kier molecular flexibility index (Phi) is 6.39. The first-order valence-electron chi connectivity index (χ1n) is 7.49. The van der Waals surface area contributed by atoms with Gasteiger partial charge in [-0.25, -0.2) is 5.01 Å². The van der Waals surface area contributed by atoms with Crippen molar-refractivity contribution in [3.8, 4) is 0 Å². The predicted molar refractivity (Wildman–Crippen MR) is 104 cm³/mol. The molecule has 0 unspecified atom stereocenters. The Balaban J connectivity index is 2.32. The van der Waals surface area contributed by atoms with Crippen molar-refractivity contribution in [2.45, 2.75) is 12.2 Å². The summed E-state index contributed by atoms with van der Waals surface area (Å²) < 4.78 is 0. The van der Waals surface area contributed by atoms with Crippen molar-refractivity contribution in [2.24, 2.45) is 5.10 Å². The molecule has 8 heteroatoms. The molecule has 0 aliphatic rings. The number of hydrogen-bond acceptors (Lipinski definition) is 5. The van der Waals surface area contributed by atoms with Gasteiger partial charge in [0.1, 0.15) is 11.4 Å². The van der Waals surface area contributed by atoms with Crippen molar-refractivity contribution in [2.75, 3.05) is 10.3 Å². The molecule has 0 aromatic heterocycles. The number of carbonyl (C=O) groups is 1. The summed E-state index contributed by atoms with van der Waals surface area (Å²) in [5.74, 6) is -0.525. The molecule has 0 fully saturated rings. The van der Waals surface area contributed by atoms with Gasteiger partial charge in [0.2, 0.25) is 0 Å². The van der Waals surface area contributed by atoms with E-state index >= 15 is 0 Å². The number of alkyl halides is 1. The quantitative estimate of drug-likeness (QED) is 0.303. The highest BCUT2D eigenvalue weighted by molar-refractivity contribution is 6.43. The van der Waals surface area contributed by atoms with Crippen molar-refractivity contribution in [3.63, 3.8) is 0 Å². The Hall–Kier alpha value is -2.38. The van der Waals surface area contributed by atoms with Gasteiger partial charge in [0.05, 0.1) is 16.4 Å². The standard InChI is InChI=1S/C18H17Cl2N3O3/c1-12(17(24)21-16-11-7-6-10-15(16)19)22-23(13(2)18(20,25)26)14-8-4-3-5-9-14/h3-11,25-26H,2H2,1H3,(H,21,24)/b22-12+. The van der Waals surface area contributed by atoms with Crippen LogP contribution in [0, 0.1) is 0 Å². The number of para-hydroxylation sites is 2. The molecule has 1 amide bonds. The molecule has 136 valence electrons. The highest BCUT2D eigenvalue weighted by atomic mass is 35.5. The van der Waals surface area contributed by atoms with Crippen LogP contribution in [-0.2, 0) is 4.79 Å². The average Bonchev–Trinajstić information content (AvgIpc) is 2.60. The number of hydrazone groups is 1. The van der Waals surface area contributed by atoms with E-state index in [1.807, 2.05) is 0 Å². The zero-order valence-corrected chi connectivity index (χ0v) is 15.4. The third kappa shape index (κ3) is 5.06. The van der Waals surface area contributed by atoms with E-state index in [-0.39, 0.29) is 11.4 Å². The molecular weight excluding hydrogens is 377 g/mol. The van der Waals surface area contributed by atoms with Gasteiger partial charge in [-0.3, -0.25) is 4.79 Å². The van der Waals surface area contributed by atoms with E-state index in [0.717, 1.165) is 5.01 Å². The molecule has 0 bridgehead atoms. The van der Waals surface area contributed by atoms with E-state index in [4.69, 9.17) is 23.2 Å². The van der Waals surface area contributed by atoms with Gasteiger partial charge in [0.15, 0.2) is 0 Å². The first-order valence-corrected chi connectivity index (χ1v) is 8.25. The van der Waals surface area contributed by atoms with Gasteiger partial charge in [-0.2, -0.15) is 5.10 Å². The lowest BCUT2D eigenvalue weighted by molar-refractivity contribution is -0.110. The topological polar surface area (TPSA) is 85.2 Å². The number of hydrogen-bond donors (Lipinski definition) is 3. The summed E-state index contributed by atoms with van der Waals surface area (Å²) in [6, 6.07) is 15.3. The van der Waals surface area contributed by atoms with Crippen molar-refractivity contribution < 1.29 is 15.0 Å². The average molecular weight is 394 g/mol. The number of nitrogens with one attached hydrogen (secondary N) is 1. The molecule has 2 aromatic rings. The van der Waals surface area contributed by atoms with Crippen LogP contribution in [0.15, 0.2) is 72.0 Å². The van der Waals surface area contributed by atoms with Crippen molar-refractivity contribution in [1.29, 1.82) is 0 Å². The first-order chi connectivity index (χ1) is 12.2. The fourth-order valence-corrected chi connectivity index (χ4v) is 2.21. The maximum absolute atomic E-state index is 12.4. The van der Waals surface area contributed by atoms with Crippen LogP contribution in [0.4, 0.5) is 11.4 Å². The summed E-state index contributed by atoms with van der Waals surface area (Å²) >= 11 is 11.5. The zero-order chi connectivity index (χ0) is 19.3. The number of rotatable bonds is 6. The van der Waals surface area contributed by atoms with E-state index in [1.54, 1.807) is 54.6 Å². The minimum absolute atomic E-state index is 0.0239. The van der Waals surface area contributed by atoms with Gasteiger partial charge in [-0.05, 0) is 31.2 Å². The molecule has 3 N–H and O–H groups in total. The molecule has 0 saturated heterocycles. The van der Waals surface area contributed by atoms with Crippen molar-refractivity contribution in [3.05, 3.63) is 71.9 Å². The molecule has 0 radical (unpaired) electrons. The Labute approximate surface area is 161 Å². The first kappa shape index (κ1) is 19.9. The number of aliphatic hydroxyl groups is 2. The number of carbonyl (C=O) groups excluding carboxylic acids is 1. The normalized spacial score (nSPS) is 11.8. The Morgan fingerprint density at radius 3 is 2.31 bits per heavy atom. The lowest BCUT2D eigenvalue weighted by atomic mass is 10.3. The number of halogens is 2. The smallest absolute Gasteiger partial charge is 0.288 e. The van der Waals surface area contributed by atoms with E-state index < -0.39 is 11.2 Å². The minimum atomic E-state index is -2.74. The van der Waals surface area contributed by atoms with E-state index in [0.29, 0.717) is 16.4 Å². The highest BCUT2D eigenvalue weighted by Crippen LogP contribution is 2.27. The van der Waals surface area contributed by atoms with Gasteiger partial charge in [-0.1, -0.05) is 60.1 Å². The maximum atomic E-state index is 12.4. The Morgan fingerprint density at radius 2 is 1.73 bits per heavy atom. The summed E-state index contributed by atoms with van der Waals surface area (Å²) in [6.45, 7) is 5.01. The van der Waals surface area contributed by atoms with Gasteiger partial charge in [-0.15, -0.1) is 0 Å². The molecule has 6 nitrogen and oxygen atoms in total. The van der Waals surface area contributed by atoms with Crippen LogP contribution >= 0.6 is 23.2 Å². The highest BCUT2D eigenvalue weighted by Gasteiger charge is 2.30. The largest absolute Gasteiger partial charge is 0.348 e. The van der Waals surface area contributed by atoms with Crippen LogP contribution in [0.5, 0.6) is 0 Å². The van der Waals surface area contributed by atoms with Crippen LogP contribution in [0.1, 0.15) is 6.92 Å². The van der Waals surface area contributed by atoms with Crippen LogP contribution in [0.25, 0.3) is 0 Å². The third-order valence-corrected chi connectivity index (χ3v) is 3.87. The van der Waals surface area contributed by atoms with Crippen LogP contribution in [0.2, 0.25) is 5.02 Å². The summed E-state index contributed by atoms with van der Waals surface area (Å²) in [5, 5.41) is 24.7. The molecule has 0 aliphatic carbocycles. The SMILES string of the molecule is C=C(N(/N=C(\C)C(=O)Nc1ccccc1Cl)c1ccccc1)C(O)(O)Cl. The second-order valence-corrected chi connectivity index (χ2v) is 6.23. The zero-order valence-electron chi connectivity index (χ0n) is 13.9. The second-order valence-electron chi connectivity index (χ2n) is 5.30. The van der Waals surface area contributed by atoms with Crippen molar-refractivity contribution >= 4 is 46.2 Å². The van der Waals surface area contributed by atoms with Crippen LogP contribution < -0.4 is 10.3 Å². The summed E-state index contributed by atoms with van der Waals surface area (Å²) in [5.41, 5.74) is 0.552. The van der Waals surface area contributed by atoms with Crippen LogP contribution in [0.3, 0.4) is 0 Å². The van der Waals surface area contributed by atoms with Gasteiger partial charge >= 0.3 is 0 Å². The van der Waals surface area contributed by atoms with E-state index in [2.05, 4.69) is 17.0 Å². The Morgan fingerprint density at radius 1 is 1.15 bits per heavy atom. The summed E-state index contributed by atoms with van der Waals surface area (Å²) in [7, 11) is 0. The molecule has 0 heterocycles. The van der Waals surface area contributed by atoms with E-state index in [9.17, 15) is 15.0 Å². The molecule has 2 aromatic carbocycles. The molecular formula is C18H17Cl2N3O3. The second kappa shape index (κ2) is 8.33. The number of benzene rings is 2. The summed E-state index contributed by atoms with van der Waals surface area (Å²) in [4.78, 5) is 12.4. The third-order valence-electron chi connectivity index (χ3n) is 3.32. The van der Waals surface area contributed by atoms with Gasteiger partial charge in [0, 0.05) is 0 Å². The van der Waals surface area contributed by atoms with Crippen molar-refractivity contribution in [1.82, 2.24) is 0 Å². The minimum Gasteiger partial charge on any atom is -0.348 e. The molecule has 0 spiro atoms. The number of amides is 1. The van der Waals surface area contributed by atoms with Gasteiger partial charge in [0.25, 0.3) is 11.2 Å². The number of nitrogens with zero attached hydrogens (tertiary/aromatic N) is 2. The molecule has 0 aliphatic heterocycles. The summed E-state index contributed by atoms with van der Waals surface area (Å²) in [6.07, 6.45) is 0. The number of anilines is 2. The monoisotopic (exact) mass is 393 g/mol. The van der Waals surface area contributed by atoms with E-state index in [1.165, 1.54) is 6.92 Å². The molecule has 0 saturated carbocycles. The molecule has 0 atom stereocenters. The maximum Gasteiger partial charge on any atom is 0.288 e. The van der Waals surface area contributed by atoms with Crippen LogP contribution in [-0.4, -0.2) is 27.1 Å². The lowest BCUT2D eigenvalue weighted by Crippen LogP contribution is -2.34. The lowest BCUT2D eigenvalue weighted by Gasteiger charge is -2.27. The fourth-order valence-electron chi connectivity index (χ4n) is 1.95. The molecule has 26 heavy (non-hydrogen) atoms. The Bertz CT molecular complexity index is 833. The van der Waals surface area contributed by atoms with Gasteiger partial charge < -0.3 is 15.5 Å². The fraction of sp³-hybridized carbons (Fsp3) is 0.111. The molecule has 2 rings (SSSR count). The predicted octanol–water partition coefficient (Wildman–Crippen LogP) is 3.55.